The number of fused-ring (bicyclic) bond motifs is 3. The number of hydrogen-bond donors (Lipinski definition) is 1. The van der Waals surface area contributed by atoms with E-state index < -0.39 is 12.1 Å². The summed E-state index contributed by atoms with van der Waals surface area (Å²) >= 11 is 6.30. The number of halogens is 3. The van der Waals surface area contributed by atoms with Gasteiger partial charge in [-0.2, -0.15) is 10.1 Å². The Hall–Kier alpha value is -3.71. The lowest BCUT2D eigenvalue weighted by Crippen LogP contribution is -2.32. The SMILES string of the molecule is Fc1ccc(C2Oc3ccc(Cl)cc3C3=C2C(c2ccccc2F)n2ncnc2N3)cc1. The number of benzene rings is 3. The van der Waals surface area contributed by atoms with E-state index in [1.165, 1.54) is 24.5 Å². The van der Waals surface area contributed by atoms with Crippen molar-refractivity contribution in [2.75, 3.05) is 5.32 Å². The molecule has 6 rings (SSSR count). The van der Waals surface area contributed by atoms with E-state index in [9.17, 15) is 4.39 Å². The standard InChI is InChI=1S/C24H15ClF2N4O/c25-14-7-10-19-17(11-14)21-20(23(32-19)13-5-8-15(26)9-6-13)22(16-3-1-2-4-18(16)27)31-24(30-21)28-12-29-31/h1-12,22-23H,(H,28,29,30). The van der Waals surface area contributed by atoms with Crippen LogP contribution in [0.5, 0.6) is 5.75 Å². The number of ether oxygens (including phenoxy) is 1. The summed E-state index contributed by atoms with van der Waals surface area (Å²) in [6.07, 6.45) is 0.801. The minimum absolute atomic E-state index is 0.350. The lowest BCUT2D eigenvalue weighted by molar-refractivity contribution is 0.222. The second-order valence-corrected chi connectivity index (χ2v) is 8.03. The Morgan fingerprint density at radius 3 is 2.62 bits per heavy atom. The maximum atomic E-state index is 15.1. The number of hydrogen-bond acceptors (Lipinski definition) is 4. The summed E-state index contributed by atoms with van der Waals surface area (Å²) < 4.78 is 36.8. The molecule has 0 radical (unpaired) electrons. The molecule has 2 aliphatic heterocycles. The third kappa shape index (κ3) is 2.89. The van der Waals surface area contributed by atoms with Gasteiger partial charge in [0.25, 0.3) is 0 Å². The lowest BCUT2D eigenvalue weighted by atomic mass is 9.84. The van der Waals surface area contributed by atoms with Crippen molar-refractivity contribution in [2.24, 2.45) is 0 Å². The number of nitrogens with one attached hydrogen (secondary N) is 1. The summed E-state index contributed by atoms with van der Waals surface area (Å²) in [5.74, 6) is 0.359. The van der Waals surface area contributed by atoms with E-state index in [-0.39, 0.29) is 11.6 Å². The smallest absolute Gasteiger partial charge is 0.226 e. The van der Waals surface area contributed by atoms with Crippen LogP contribution in [0, 0.1) is 11.6 Å². The molecule has 0 saturated carbocycles. The molecule has 158 valence electrons. The van der Waals surface area contributed by atoms with Crippen molar-refractivity contribution in [2.45, 2.75) is 12.1 Å². The van der Waals surface area contributed by atoms with Gasteiger partial charge in [0.05, 0.1) is 5.70 Å². The second-order valence-electron chi connectivity index (χ2n) is 7.60. The highest BCUT2D eigenvalue weighted by Crippen LogP contribution is 2.51. The van der Waals surface area contributed by atoms with Crippen molar-refractivity contribution in [1.82, 2.24) is 14.8 Å². The Morgan fingerprint density at radius 1 is 1.00 bits per heavy atom. The number of anilines is 1. The molecule has 0 saturated heterocycles. The Bertz CT molecular complexity index is 1380. The summed E-state index contributed by atoms with van der Waals surface area (Å²) in [5.41, 5.74) is 3.34. The Labute approximate surface area is 186 Å². The fraction of sp³-hybridized carbons (Fsp3) is 0.0833. The molecule has 1 aromatic heterocycles. The molecule has 2 unspecified atom stereocenters. The van der Waals surface area contributed by atoms with E-state index in [2.05, 4.69) is 15.4 Å². The minimum atomic E-state index is -0.632. The molecule has 3 aromatic carbocycles. The molecule has 3 heterocycles. The molecular formula is C24H15ClF2N4O. The van der Waals surface area contributed by atoms with Gasteiger partial charge in [-0.3, -0.25) is 0 Å². The fourth-order valence-corrected chi connectivity index (χ4v) is 4.52. The molecule has 0 amide bonds. The molecule has 0 bridgehead atoms. The van der Waals surface area contributed by atoms with Crippen LogP contribution in [0.15, 0.2) is 78.6 Å². The summed E-state index contributed by atoms with van der Waals surface area (Å²) in [5, 5.41) is 8.23. The van der Waals surface area contributed by atoms with Crippen molar-refractivity contribution < 1.29 is 13.5 Å². The van der Waals surface area contributed by atoms with Crippen LogP contribution in [-0.2, 0) is 0 Å². The van der Waals surface area contributed by atoms with E-state index in [0.29, 0.717) is 22.3 Å². The first-order valence-corrected chi connectivity index (χ1v) is 10.3. The van der Waals surface area contributed by atoms with Crippen molar-refractivity contribution >= 4 is 23.2 Å². The highest BCUT2D eigenvalue weighted by atomic mass is 35.5. The highest BCUT2D eigenvalue weighted by molar-refractivity contribution is 6.30. The molecule has 2 aliphatic rings. The van der Waals surface area contributed by atoms with E-state index in [1.54, 1.807) is 53.2 Å². The van der Waals surface area contributed by atoms with Gasteiger partial charge in [0.2, 0.25) is 5.95 Å². The number of rotatable bonds is 2. The van der Waals surface area contributed by atoms with Gasteiger partial charge in [-0.05, 0) is 42.0 Å². The molecule has 5 nitrogen and oxygen atoms in total. The summed E-state index contributed by atoms with van der Waals surface area (Å²) in [6.45, 7) is 0. The Morgan fingerprint density at radius 2 is 1.81 bits per heavy atom. The predicted octanol–water partition coefficient (Wildman–Crippen LogP) is 5.77. The molecular weight excluding hydrogens is 434 g/mol. The molecule has 1 N–H and O–H groups in total. The average molecular weight is 449 g/mol. The topological polar surface area (TPSA) is 52.0 Å². The van der Waals surface area contributed by atoms with Gasteiger partial charge in [-0.1, -0.05) is 41.9 Å². The van der Waals surface area contributed by atoms with Gasteiger partial charge < -0.3 is 10.1 Å². The lowest BCUT2D eigenvalue weighted by Gasteiger charge is -2.39. The van der Waals surface area contributed by atoms with Gasteiger partial charge in [0.1, 0.15) is 35.9 Å². The third-order valence-corrected chi connectivity index (χ3v) is 5.98. The molecule has 0 spiro atoms. The zero-order valence-corrected chi connectivity index (χ0v) is 17.2. The molecule has 8 heteroatoms. The number of aromatic nitrogens is 3. The maximum absolute atomic E-state index is 15.1. The average Bonchev–Trinajstić information content (AvgIpc) is 3.27. The first kappa shape index (κ1) is 19.0. The van der Waals surface area contributed by atoms with Crippen molar-refractivity contribution in [3.05, 3.63) is 112 Å². The van der Waals surface area contributed by atoms with Crippen molar-refractivity contribution in [3.63, 3.8) is 0 Å². The van der Waals surface area contributed by atoms with Crippen LogP contribution in [0.2, 0.25) is 5.02 Å². The Balaban J connectivity index is 1.65. The minimum Gasteiger partial charge on any atom is -0.480 e. The summed E-state index contributed by atoms with van der Waals surface area (Å²) in [4.78, 5) is 4.32. The second kappa shape index (κ2) is 7.17. The summed E-state index contributed by atoms with van der Waals surface area (Å²) in [7, 11) is 0. The highest BCUT2D eigenvalue weighted by Gasteiger charge is 2.41. The van der Waals surface area contributed by atoms with Crippen LogP contribution < -0.4 is 10.1 Å². The molecule has 32 heavy (non-hydrogen) atoms. The normalized spacial score (nSPS) is 18.8. The van der Waals surface area contributed by atoms with E-state index >= 15 is 4.39 Å². The first-order valence-electron chi connectivity index (χ1n) is 9.97. The van der Waals surface area contributed by atoms with Crippen LogP contribution in [-0.4, -0.2) is 14.8 Å². The quantitative estimate of drug-likeness (QED) is 0.423. The maximum Gasteiger partial charge on any atom is 0.226 e. The summed E-state index contributed by atoms with van der Waals surface area (Å²) in [6, 6.07) is 17.3. The van der Waals surface area contributed by atoms with Gasteiger partial charge in [-0.15, -0.1) is 0 Å². The first-order chi connectivity index (χ1) is 15.6. The zero-order valence-electron chi connectivity index (χ0n) is 16.5. The van der Waals surface area contributed by atoms with Gasteiger partial charge in [0.15, 0.2) is 0 Å². The molecule has 4 aromatic rings. The van der Waals surface area contributed by atoms with Crippen molar-refractivity contribution in [3.8, 4) is 5.75 Å². The van der Waals surface area contributed by atoms with Crippen LogP contribution in [0.1, 0.15) is 28.8 Å². The molecule has 2 atom stereocenters. The fourth-order valence-electron chi connectivity index (χ4n) is 4.35. The van der Waals surface area contributed by atoms with E-state index in [4.69, 9.17) is 16.3 Å². The van der Waals surface area contributed by atoms with Crippen LogP contribution in [0.25, 0.3) is 5.70 Å². The molecule has 0 fully saturated rings. The van der Waals surface area contributed by atoms with Crippen LogP contribution >= 0.6 is 11.6 Å². The van der Waals surface area contributed by atoms with Crippen LogP contribution in [0.3, 0.4) is 0 Å². The Kier molecular flexibility index (Phi) is 4.26. The van der Waals surface area contributed by atoms with Gasteiger partial charge in [0, 0.05) is 21.7 Å². The predicted molar refractivity (Wildman–Crippen MR) is 116 cm³/mol. The van der Waals surface area contributed by atoms with Gasteiger partial charge >= 0.3 is 0 Å². The van der Waals surface area contributed by atoms with E-state index in [0.717, 1.165) is 22.4 Å². The monoisotopic (exact) mass is 448 g/mol. The van der Waals surface area contributed by atoms with Crippen molar-refractivity contribution in [1.29, 1.82) is 0 Å². The largest absolute Gasteiger partial charge is 0.480 e. The van der Waals surface area contributed by atoms with Gasteiger partial charge in [-0.25, -0.2) is 13.5 Å². The van der Waals surface area contributed by atoms with Crippen LogP contribution in [0.4, 0.5) is 14.7 Å². The number of nitrogens with zero attached hydrogens (tertiary/aromatic N) is 3. The zero-order chi connectivity index (χ0) is 21.8. The van der Waals surface area contributed by atoms with E-state index in [1.807, 2.05) is 0 Å². The molecule has 0 aliphatic carbocycles. The third-order valence-electron chi connectivity index (χ3n) is 5.75.